The summed E-state index contributed by atoms with van der Waals surface area (Å²) in [7, 11) is 1.58. The normalized spacial score (nSPS) is 13.7. The van der Waals surface area contributed by atoms with Crippen molar-refractivity contribution in [2.75, 3.05) is 25.5 Å². The zero-order chi connectivity index (χ0) is 30.6. The van der Waals surface area contributed by atoms with Gasteiger partial charge in [-0.2, -0.15) is 5.26 Å². The first kappa shape index (κ1) is 29.4. The van der Waals surface area contributed by atoms with Crippen molar-refractivity contribution in [2.24, 2.45) is 0 Å². The van der Waals surface area contributed by atoms with Crippen molar-refractivity contribution in [1.82, 2.24) is 14.9 Å². The van der Waals surface area contributed by atoms with Crippen LogP contribution in [0.25, 0.3) is 10.9 Å². The summed E-state index contributed by atoms with van der Waals surface area (Å²) in [5, 5.41) is 24.3. The number of aliphatic hydroxyl groups is 1. The van der Waals surface area contributed by atoms with E-state index in [1.165, 1.54) is 12.4 Å². The highest BCUT2D eigenvalue weighted by Crippen LogP contribution is 2.39. The maximum absolute atomic E-state index is 12.0. The van der Waals surface area contributed by atoms with E-state index in [-0.39, 0.29) is 12.0 Å². The lowest BCUT2D eigenvalue weighted by Crippen LogP contribution is -2.41. The molecule has 0 spiro atoms. The van der Waals surface area contributed by atoms with Crippen LogP contribution in [-0.4, -0.2) is 52.2 Å². The minimum absolute atomic E-state index is 0.0761. The van der Waals surface area contributed by atoms with Gasteiger partial charge in [-0.15, -0.1) is 0 Å². The number of amides is 1. The van der Waals surface area contributed by atoms with E-state index in [1.807, 2.05) is 12.1 Å². The molecule has 0 saturated carbocycles. The Balaban J connectivity index is 1.44. The van der Waals surface area contributed by atoms with Crippen LogP contribution < -0.4 is 19.5 Å². The van der Waals surface area contributed by atoms with Gasteiger partial charge in [0.2, 0.25) is 5.91 Å². The maximum Gasteiger partial charge on any atom is 0.245 e. The van der Waals surface area contributed by atoms with Gasteiger partial charge in [-0.3, -0.25) is 4.79 Å². The summed E-state index contributed by atoms with van der Waals surface area (Å²) in [6, 6.07) is 18.0. The summed E-state index contributed by atoms with van der Waals surface area (Å²) >= 11 is 0. The largest absolute Gasteiger partial charge is 0.493 e. The van der Waals surface area contributed by atoms with Gasteiger partial charge in [-0.25, -0.2) is 9.97 Å². The highest BCUT2D eigenvalue weighted by molar-refractivity contribution is 5.93. The van der Waals surface area contributed by atoms with Crippen LogP contribution in [0.4, 0.5) is 11.5 Å². The van der Waals surface area contributed by atoms with Crippen LogP contribution in [0, 0.1) is 11.3 Å². The quantitative estimate of drug-likeness (QED) is 0.235. The molecule has 5 rings (SSSR count). The lowest BCUT2D eigenvalue weighted by Gasteiger charge is -2.31. The average Bonchev–Trinajstić information content (AvgIpc) is 3.01. The smallest absolute Gasteiger partial charge is 0.245 e. The summed E-state index contributed by atoms with van der Waals surface area (Å²) in [5.41, 5.74) is 1.12. The Morgan fingerprint density at radius 2 is 1.88 bits per heavy atom. The summed E-state index contributed by atoms with van der Waals surface area (Å²) in [6.07, 6.45) is 4.06. The molecule has 0 radical (unpaired) electrons. The predicted molar refractivity (Wildman–Crippen MR) is 163 cm³/mol. The number of hydrogen-bond donors (Lipinski definition) is 2. The second kappa shape index (κ2) is 12.4. The molecule has 0 aliphatic carbocycles. The van der Waals surface area contributed by atoms with Gasteiger partial charge in [0.1, 0.15) is 29.7 Å². The first-order valence-corrected chi connectivity index (χ1v) is 13.9. The third kappa shape index (κ3) is 6.68. The lowest BCUT2D eigenvalue weighted by atomic mass is 9.96. The zero-order valence-corrected chi connectivity index (χ0v) is 24.3. The SMILES string of the molecule is C=CC(=O)N1CCC(Oc2cc3c(Nc4ccc(Oc5cccc(C#N)c5)cc4C(C)(C)O)ncnc3cc2OC)CC1. The van der Waals surface area contributed by atoms with E-state index in [4.69, 9.17) is 14.2 Å². The molecular weight excluding hydrogens is 546 g/mol. The highest BCUT2D eigenvalue weighted by atomic mass is 16.5. The van der Waals surface area contributed by atoms with Crippen molar-refractivity contribution in [3.63, 3.8) is 0 Å². The van der Waals surface area contributed by atoms with Crippen LogP contribution in [0.2, 0.25) is 0 Å². The molecule has 1 aliphatic heterocycles. The van der Waals surface area contributed by atoms with Crippen LogP contribution in [0.15, 0.2) is 73.6 Å². The zero-order valence-electron chi connectivity index (χ0n) is 24.3. The van der Waals surface area contributed by atoms with Gasteiger partial charge in [0.15, 0.2) is 11.5 Å². The van der Waals surface area contributed by atoms with Crippen LogP contribution in [0.3, 0.4) is 0 Å². The molecule has 1 fully saturated rings. The molecule has 10 heteroatoms. The Bertz CT molecular complexity index is 1700. The number of nitrogens with one attached hydrogen (secondary N) is 1. The fourth-order valence-corrected chi connectivity index (χ4v) is 5.01. The van der Waals surface area contributed by atoms with E-state index in [1.54, 1.807) is 68.3 Å². The molecule has 1 saturated heterocycles. The molecule has 0 unspecified atom stereocenters. The van der Waals surface area contributed by atoms with Gasteiger partial charge in [-0.05, 0) is 62.4 Å². The molecule has 0 bridgehead atoms. The third-order valence-corrected chi connectivity index (χ3v) is 7.24. The molecule has 0 atom stereocenters. The Morgan fingerprint density at radius 3 is 2.58 bits per heavy atom. The predicted octanol–water partition coefficient (Wildman–Crippen LogP) is 5.83. The third-order valence-electron chi connectivity index (χ3n) is 7.24. The topological polar surface area (TPSA) is 130 Å². The minimum Gasteiger partial charge on any atom is -0.493 e. The van der Waals surface area contributed by atoms with Crippen LogP contribution >= 0.6 is 0 Å². The second-order valence-corrected chi connectivity index (χ2v) is 10.7. The second-order valence-electron chi connectivity index (χ2n) is 10.7. The van der Waals surface area contributed by atoms with Gasteiger partial charge < -0.3 is 29.5 Å². The first-order chi connectivity index (χ1) is 20.7. The summed E-state index contributed by atoms with van der Waals surface area (Å²) in [6.45, 7) is 8.13. The first-order valence-electron chi connectivity index (χ1n) is 13.9. The number of anilines is 2. The summed E-state index contributed by atoms with van der Waals surface area (Å²) < 4.78 is 18.0. The van der Waals surface area contributed by atoms with E-state index >= 15 is 0 Å². The van der Waals surface area contributed by atoms with Gasteiger partial charge in [0.05, 0.1) is 29.9 Å². The Labute approximate surface area is 250 Å². The molecule has 2 heterocycles. The average molecular weight is 580 g/mol. The molecule has 1 aromatic heterocycles. The monoisotopic (exact) mass is 579 g/mol. The molecule has 2 N–H and O–H groups in total. The van der Waals surface area contributed by atoms with Gasteiger partial charge >= 0.3 is 0 Å². The van der Waals surface area contributed by atoms with Crippen molar-refractivity contribution < 1.29 is 24.1 Å². The number of nitriles is 1. The summed E-state index contributed by atoms with van der Waals surface area (Å²) in [4.78, 5) is 22.7. The van der Waals surface area contributed by atoms with E-state index < -0.39 is 5.60 Å². The highest BCUT2D eigenvalue weighted by Gasteiger charge is 2.25. The molecule has 220 valence electrons. The van der Waals surface area contributed by atoms with E-state index in [0.717, 1.165) is 0 Å². The van der Waals surface area contributed by atoms with Crippen LogP contribution in [0.1, 0.15) is 37.8 Å². The van der Waals surface area contributed by atoms with E-state index in [2.05, 4.69) is 27.9 Å². The number of aromatic nitrogens is 2. The molecule has 1 amide bonds. The number of fused-ring (bicyclic) bond motifs is 1. The Morgan fingerprint density at radius 1 is 1.12 bits per heavy atom. The number of methoxy groups -OCH3 is 1. The molecule has 3 aromatic carbocycles. The number of ether oxygens (including phenoxy) is 3. The number of hydrogen-bond acceptors (Lipinski definition) is 9. The van der Waals surface area contributed by atoms with Crippen LogP contribution in [0.5, 0.6) is 23.0 Å². The van der Waals surface area contributed by atoms with Crippen LogP contribution in [-0.2, 0) is 10.4 Å². The van der Waals surface area contributed by atoms with Gasteiger partial charge in [0, 0.05) is 48.6 Å². The van der Waals surface area contributed by atoms with E-state index in [9.17, 15) is 15.2 Å². The Kier molecular flexibility index (Phi) is 8.46. The number of benzene rings is 3. The number of rotatable bonds is 9. The number of carbonyl (C=O) groups excluding carboxylic acids is 1. The Hall–Kier alpha value is -5.14. The number of piperidine rings is 1. The summed E-state index contributed by atoms with van der Waals surface area (Å²) in [5.74, 6) is 2.56. The van der Waals surface area contributed by atoms with Crippen molar-refractivity contribution in [3.8, 4) is 29.1 Å². The maximum atomic E-state index is 12.0. The van der Waals surface area contributed by atoms with Crippen molar-refractivity contribution in [3.05, 3.63) is 84.7 Å². The molecule has 4 aromatic rings. The fourth-order valence-electron chi connectivity index (χ4n) is 5.01. The molecule has 10 nitrogen and oxygen atoms in total. The molecule has 43 heavy (non-hydrogen) atoms. The molecule has 1 aliphatic rings. The van der Waals surface area contributed by atoms with Gasteiger partial charge in [-0.1, -0.05) is 12.6 Å². The van der Waals surface area contributed by atoms with Crippen molar-refractivity contribution in [2.45, 2.75) is 38.4 Å². The fraction of sp³-hybridized carbons (Fsp3) is 0.273. The van der Waals surface area contributed by atoms with Gasteiger partial charge in [0.25, 0.3) is 0 Å². The number of carbonyl (C=O) groups is 1. The molecular formula is C33H33N5O5. The number of likely N-dealkylation sites (tertiary alicyclic amines) is 1. The number of nitrogens with zero attached hydrogens (tertiary/aromatic N) is 4. The minimum atomic E-state index is -1.22. The standard InChI is InChI=1S/C33H33N5O5/c1-5-31(39)38-13-11-22(12-14-38)43-30-17-25-28(18-29(30)41-4)35-20-36-32(25)37-27-10-9-24(16-26(27)33(2,3)40)42-23-8-6-7-21(15-23)19-34/h5-10,15-18,20,22,40H,1,11-14H2,2-4H3,(H,35,36,37). The van der Waals surface area contributed by atoms with Crippen molar-refractivity contribution >= 4 is 28.3 Å². The van der Waals surface area contributed by atoms with Crippen molar-refractivity contribution in [1.29, 1.82) is 5.26 Å². The van der Waals surface area contributed by atoms with E-state index in [0.29, 0.717) is 82.5 Å². The lowest BCUT2D eigenvalue weighted by molar-refractivity contribution is -0.127.